The van der Waals surface area contributed by atoms with E-state index in [9.17, 15) is 0 Å². The molecule has 7 heteroatoms. The van der Waals surface area contributed by atoms with Crippen molar-refractivity contribution in [2.45, 2.75) is 102 Å². The van der Waals surface area contributed by atoms with Crippen molar-refractivity contribution in [1.82, 2.24) is 19.1 Å². The Balaban J connectivity index is 1.76. The summed E-state index contributed by atoms with van der Waals surface area (Å²) < 4.78 is 12.2. The Labute approximate surface area is 250 Å². The van der Waals surface area contributed by atoms with Gasteiger partial charge in [0.1, 0.15) is 11.6 Å². The van der Waals surface area contributed by atoms with Crippen molar-refractivity contribution in [3.05, 3.63) is 85.5 Å². The minimum atomic E-state index is -1.97. The molecule has 4 aromatic rings. The molecule has 0 aliphatic rings. The molecule has 2 unspecified atom stereocenters. The molecular formula is C34H50N4OSi2. The van der Waals surface area contributed by atoms with Crippen LogP contribution in [0.25, 0.3) is 22.8 Å². The Hall–Kier alpha value is -2.75. The fraction of sp³-hybridized carbons (Fsp3) is 0.471. The number of hydrogen-bond donors (Lipinski definition) is 0. The number of rotatable bonds is 10. The molecule has 2 aromatic heterocycles. The molecular weight excluding hydrogens is 537 g/mol. The molecule has 41 heavy (non-hydrogen) atoms. The summed E-state index contributed by atoms with van der Waals surface area (Å²) in [5, 5.41) is 0.320. The van der Waals surface area contributed by atoms with E-state index in [1.54, 1.807) is 0 Å². The first-order chi connectivity index (χ1) is 19.1. The second kappa shape index (κ2) is 11.9. The van der Waals surface area contributed by atoms with Gasteiger partial charge in [0.25, 0.3) is 0 Å². The lowest BCUT2D eigenvalue weighted by Crippen LogP contribution is -2.59. The van der Waals surface area contributed by atoms with Gasteiger partial charge in [-0.3, -0.25) is 0 Å². The van der Waals surface area contributed by atoms with E-state index >= 15 is 0 Å². The number of benzene rings is 2. The average molecular weight is 587 g/mol. The molecule has 0 fully saturated rings. The van der Waals surface area contributed by atoms with E-state index in [4.69, 9.17) is 14.7 Å². The van der Waals surface area contributed by atoms with Gasteiger partial charge in [-0.1, -0.05) is 128 Å². The maximum Gasteiger partial charge on any atom is 0.139 e. The number of aromatic nitrogens is 4. The Morgan fingerprint density at radius 1 is 0.610 bits per heavy atom. The highest BCUT2D eigenvalue weighted by Crippen LogP contribution is 2.44. The van der Waals surface area contributed by atoms with Gasteiger partial charge in [-0.2, -0.15) is 0 Å². The van der Waals surface area contributed by atoms with Crippen LogP contribution in [0.4, 0.5) is 0 Å². The average Bonchev–Trinajstić information content (AvgIpc) is 3.57. The van der Waals surface area contributed by atoms with Crippen molar-refractivity contribution in [3.63, 3.8) is 0 Å². The van der Waals surface area contributed by atoms with Crippen LogP contribution in [-0.4, -0.2) is 46.7 Å². The maximum atomic E-state index is 7.59. The molecule has 220 valence electrons. The highest BCUT2D eigenvalue weighted by molar-refractivity contribution is 6.82. The van der Waals surface area contributed by atoms with Gasteiger partial charge in [-0.25, -0.2) is 9.97 Å². The van der Waals surface area contributed by atoms with Crippen molar-refractivity contribution in [2.24, 2.45) is 0 Å². The highest BCUT2D eigenvalue weighted by atomic mass is 28.3. The predicted octanol–water partition coefficient (Wildman–Crippen LogP) is 8.96. The van der Waals surface area contributed by atoms with Crippen molar-refractivity contribution in [1.29, 1.82) is 0 Å². The van der Waals surface area contributed by atoms with Gasteiger partial charge in [0.05, 0.1) is 27.6 Å². The second-order valence-corrected chi connectivity index (χ2v) is 25.8. The molecule has 0 bridgehead atoms. The van der Waals surface area contributed by atoms with E-state index in [0.29, 0.717) is 0 Å². The zero-order chi connectivity index (χ0) is 30.1. The fourth-order valence-electron chi connectivity index (χ4n) is 5.01. The minimum absolute atomic E-state index is 0.0991. The monoisotopic (exact) mass is 586 g/mol. The van der Waals surface area contributed by atoms with Crippen molar-refractivity contribution in [2.75, 3.05) is 0 Å². The Morgan fingerprint density at radius 3 is 1.27 bits per heavy atom. The number of hydrogen-bond acceptors (Lipinski definition) is 3. The molecule has 0 amide bonds. The third-order valence-corrected chi connectivity index (χ3v) is 21.6. The summed E-state index contributed by atoms with van der Waals surface area (Å²) >= 11 is 0. The van der Waals surface area contributed by atoms with Crippen LogP contribution in [0.5, 0.6) is 0 Å². The summed E-state index contributed by atoms with van der Waals surface area (Å²) in [7, 11) is -3.93. The van der Waals surface area contributed by atoms with Gasteiger partial charge in [-0.05, 0) is 10.1 Å². The summed E-state index contributed by atoms with van der Waals surface area (Å²) in [5.41, 5.74) is 2.47. The van der Waals surface area contributed by atoms with E-state index in [0.717, 1.165) is 35.9 Å². The van der Waals surface area contributed by atoms with Crippen molar-refractivity contribution in [3.8, 4) is 22.8 Å². The predicted molar refractivity (Wildman–Crippen MR) is 178 cm³/mol. The normalized spacial score (nSPS) is 14.7. The molecule has 0 saturated heterocycles. The SMILES string of the molecule is CC(C)(C)[Si](C)(C)C(Cn1ccnc1-c1ccccc1)OC(Cn1ccnc1-c1ccccc1)[Si](C)(C)C(C)(C)C. The number of ether oxygens (including phenoxy) is 1. The first kappa shape index (κ1) is 31.2. The van der Waals surface area contributed by atoms with Gasteiger partial charge in [0.2, 0.25) is 0 Å². The molecule has 0 saturated carbocycles. The van der Waals surface area contributed by atoms with Crippen LogP contribution < -0.4 is 0 Å². The van der Waals surface area contributed by atoms with Crippen LogP contribution in [0.3, 0.4) is 0 Å². The molecule has 2 aromatic carbocycles. The Bertz CT molecular complexity index is 1290. The van der Waals surface area contributed by atoms with E-state index < -0.39 is 16.1 Å². The molecule has 4 rings (SSSR count). The van der Waals surface area contributed by atoms with Crippen LogP contribution in [0.15, 0.2) is 85.5 Å². The quantitative estimate of drug-likeness (QED) is 0.174. The first-order valence-corrected chi connectivity index (χ1v) is 21.1. The van der Waals surface area contributed by atoms with Crippen molar-refractivity contribution >= 4 is 16.1 Å². The lowest BCUT2D eigenvalue weighted by Gasteiger charge is -2.49. The topological polar surface area (TPSA) is 44.9 Å². The van der Waals surface area contributed by atoms with Gasteiger partial charge >= 0.3 is 0 Å². The lowest BCUT2D eigenvalue weighted by molar-refractivity contribution is 0.0438. The van der Waals surface area contributed by atoms with Crippen LogP contribution in [0.2, 0.25) is 36.3 Å². The summed E-state index contributed by atoms with van der Waals surface area (Å²) in [4.78, 5) is 9.55. The van der Waals surface area contributed by atoms with Gasteiger partial charge in [-0.15, -0.1) is 0 Å². The number of imidazole rings is 2. The molecule has 2 heterocycles. The lowest BCUT2D eigenvalue weighted by atomic mass is 10.2. The molecule has 0 N–H and O–H groups in total. The smallest absolute Gasteiger partial charge is 0.139 e. The minimum Gasteiger partial charge on any atom is -0.378 e. The maximum absolute atomic E-state index is 7.59. The van der Waals surface area contributed by atoms with Crippen LogP contribution in [0.1, 0.15) is 41.5 Å². The van der Waals surface area contributed by atoms with Gasteiger partial charge in [0, 0.05) is 49.0 Å². The molecule has 0 aliphatic heterocycles. The summed E-state index contributed by atoms with van der Waals surface area (Å²) in [6.07, 6.45) is 8.09. The Kier molecular flexibility index (Phi) is 9.02. The summed E-state index contributed by atoms with van der Waals surface area (Å²) in [5.74, 6) is 2.01. The molecule has 2 atom stereocenters. The zero-order valence-corrected chi connectivity index (χ0v) is 28.8. The molecule has 0 radical (unpaired) electrons. The van der Waals surface area contributed by atoms with Gasteiger partial charge in [0.15, 0.2) is 0 Å². The largest absolute Gasteiger partial charge is 0.378 e. The van der Waals surface area contributed by atoms with Crippen LogP contribution in [0, 0.1) is 0 Å². The van der Waals surface area contributed by atoms with E-state index in [1.165, 1.54) is 0 Å². The van der Waals surface area contributed by atoms with E-state index in [1.807, 2.05) is 12.4 Å². The molecule has 0 spiro atoms. The van der Waals surface area contributed by atoms with Crippen LogP contribution >= 0.6 is 0 Å². The third kappa shape index (κ3) is 6.68. The molecule has 5 nitrogen and oxygen atoms in total. The third-order valence-electron chi connectivity index (χ3n) is 10.0. The summed E-state index contributed by atoms with van der Waals surface area (Å²) in [6, 6.07) is 21.0. The second-order valence-electron chi connectivity index (χ2n) is 14.6. The standard InChI is InChI=1S/C34H50N4OSi2/c1-33(2,3)40(7,8)29(25-37-23-21-35-31(37)27-17-13-11-14-18-27)39-30(41(9,10)34(4,5)6)26-38-24-22-36-32(38)28-19-15-12-16-20-28/h11-24,29-30H,25-26H2,1-10H3. The Morgan fingerprint density at radius 2 is 0.951 bits per heavy atom. The zero-order valence-electron chi connectivity index (χ0n) is 26.8. The summed E-state index contributed by atoms with van der Waals surface area (Å²) in [6.45, 7) is 26.0. The highest BCUT2D eigenvalue weighted by Gasteiger charge is 2.49. The van der Waals surface area contributed by atoms with E-state index in [-0.39, 0.29) is 21.5 Å². The van der Waals surface area contributed by atoms with Gasteiger partial charge < -0.3 is 13.9 Å². The van der Waals surface area contributed by atoms with Crippen molar-refractivity contribution < 1.29 is 4.74 Å². The number of nitrogens with zero attached hydrogens (tertiary/aromatic N) is 4. The molecule has 0 aliphatic carbocycles. The van der Waals surface area contributed by atoms with Crippen LogP contribution in [-0.2, 0) is 17.8 Å². The first-order valence-electron chi connectivity index (χ1n) is 14.9. The van der Waals surface area contributed by atoms with E-state index in [2.05, 4.69) is 150 Å². The fourth-order valence-corrected chi connectivity index (χ4v) is 9.40.